The first-order valence-corrected chi connectivity index (χ1v) is 10.1. The number of piperazine rings is 1. The molecule has 3 rings (SSSR count). The predicted molar refractivity (Wildman–Crippen MR) is 97.3 cm³/mol. The highest BCUT2D eigenvalue weighted by atomic mass is 35.5. The third-order valence-electron chi connectivity index (χ3n) is 4.31. The van der Waals surface area contributed by atoms with Crippen molar-refractivity contribution in [3.8, 4) is 0 Å². The molecule has 1 aliphatic rings. The van der Waals surface area contributed by atoms with E-state index >= 15 is 0 Å². The Morgan fingerprint density at radius 2 is 1.64 bits per heavy atom. The van der Waals surface area contributed by atoms with Crippen molar-refractivity contribution in [1.29, 1.82) is 0 Å². The van der Waals surface area contributed by atoms with Crippen molar-refractivity contribution in [2.24, 2.45) is 0 Å². The van der Waals surface area contributed by atoms with Gasteiger partial charge in [-0.15, -0.1) is 0 Å². The minimum atomic E-state index is -3.31. The minimum absolute atomic E-state index is 0.0292. The molecule has 0 radical (unpaired) electrons. The van der Waals surface area contributed by atoms with Gasteiger partial charge in [0.25, 0.3) is 0 Å². The van der Waals surface area contributed by atoms with E-state index in [1.807, 2.05) is 30.3 Å². The van der Waals surface area contributed by atoms with Crippen LogP contribution in [0.1, 0.15) is 11.1 Å². The maximum atomic E-state index is 13.2. The van der Waals surface area contributed by atoms with Crippen LogP contribution < -0.4 is 0 Å². The number of sulfonamides is 1. The lowest BCUT2D eigenvalue weighted by Gasteiger charge is -2.34. The van der Waals surface area contributed by atoms with Gasteiger partial charge < -0.3 is 0 Å². The smallest absolute Gasteiger partial charge is 0.218 e. The summed E-state index contributed by atoms with van der Waals surface area (Å²) < 4.78 is 39.9. The van der Waals surface area contributed by atoms with Gasteiger partial charge in [-0.25, -0.2) is 12.8 Å². The monoisotopic (exact) mass is 382 g/mol. The van der Waals surface area contributed by atoms with E-state index in [0.29, 0.717) is 32.7 Å². The lowest BCUT2D eigenvalue weighted by atomic mass is 10.2. The van der Waals surface area contributed by atoms with Gasteiger partial charge in [0.15, 0.2) is 0 Å². The van der Waals surface area contributed by atoms with Gasteiger partial charge in [-0.1, -0.05) is 48.0 Å². The van der Waals surface area contributed by atoms with Crippen molar-refractivity contribution >= 4 is 21.6 Å². The molecule has 7 heteroatoms. The standard InChI is InChI=1S/C18H20ClFN2O2S/c19-17-12-16(6-7-18(17)20)13-21-8-10-22(11-9-21)25(23,24)14-15-4-2-1-3-5-15/h1-7,12H,8-11,13-14H2. The summed E-state index contributed by atoms with van der Waals surface area (Å²) in [6.45, 7) is 2.84. The summed E-state index contributed by atoms with van der Waals surface area (Å²) in [6, 6.07) is 13.9. The van der Waals surface area contributed by atoms with E-state index in [9.17, 15) is 12.8 Å². The van der Waals surface area contributed by atoms with Crippen LogP contribution >= 0.6 is 11.6 Å². The van der Waals surface area contributed by atoms with E-state index in [4.69, 9.17) is 11.6 Å². The Balaban J connectivity index is 1.56. The summed E-state index contributed by atoms with van der Waals surface area (Å²) >= 11 is 5.81. The fourth-order valence-electron chi connectivity index (χ4n) is 2.94. The molecule has 1 fully saturated rings. The van der Waals surface area contributed by atoms with Crippen molar-refractivity contribution in [3.63, 3.8) is 0 Å². The van der Waals surface area contributed by atoms with E-state index in [1.165, 1.54) is 6.07 Å². The second-order valence-corrected chi connectivity index (χ2v) is 8.54. The van der Waals surface area contributed by atoms with Crippen molar-refractivity contribution in [2.75, 3.05) is 26.2 Å². The van der Waals surface area contributed by atoms with Gasteiger partial charge in [0, 0.05) is 32.7 Å². The van der Waals surface area contributed by atoms with Crippen LogP contribution in [0.4, 0.5) is 4.39 Å². The number of benzene rings is 2. The molecular formula is C18H20ClFN2O2S. The van der Waals surface area contributed by atoms with Crippen LogP contribution in [-0.4, -0.2) is 43.8 Å². The third-order valence-corrected chi connectivity index (χ3v) is 6.45. The molecule has 0 amide bonds. The maximum Gasteiger partial charge on any atom is 0.218 e. The zero-order valence-electron chi connectivity index (χ0n) is 13.7. The van der Waals surface area contributed by atoms with Crippen molar-refractivity contribution in [1.82, 2.24) is 9.21 Å². The molecule has 1 heterocycles. The zero-order chi connectivity index (χ0) is 17.9. The Kier molecular flexibility index (Phi) is 5.74. The van der Waals surface area contributed by atoms with E-state index in [2.05, 4.69) is 4.90 Å². The van der Waals surface area contributed by atoms with Crippen LogP contribution in [0.5, 0.6) is 0 Å². The van der Waals surface area contributed by atoms with Gasteiger partial charge in [-0.05, 0) is 23.3 Å². The lowest BCUT2D eigenvalue weighted by Crippen LogP contribution is -2.48. The Morgan fingerprint density at radius 1 is 0.960 bits per heavy atom. The molecular weight excluding hydrogens is 363 g/mol. The van der Waals surface area contributed by atoms with Gasteiger partial charge in [0.05, 0.1) is 10.8 Å². The molecule has 25 heavy (non-hydrogen) atoms. The Hall–Kier alpha value is -1.47. The summed E-state index contributed by atoms with van der Waals surface area (Å²) in [6.07, 6.45) is 0. The summed E-state index contributed by atoms with van der Waals surface area (Å²) in [5.41, 5.74) is 1.72. The predicted octanol–water partition coefficient (Wildman–Crippen LogP) is 3.13. The van der Waals surface area contributed by atoms with E-state index in [0.717, 1.165) is 11.1 Å². The first-order chi connectivity index (χ1) is 11.9. The Morgan fingerprint density at radius 3 is 2.28 bits per heavy atom. The number of halogens is 2. The van der Waals surface area contributed by atoms with Crippen LogP contribution in [0.15, 0.2) is 48.5 Å². The van der Waals surface area contributed by atoms with E-state index < -0.39 is 15.8 Å². The molecule has 0 N–H and O–H groups in total. The lowest BCUT2D eigenvalue weighted by molar-refractivity contribution is 0.181. The third kappa shape index (κ3) is 4.79. The molecule has 0 unspecified atom stereocenters. The van der Waals surface area contributed by atoms with Crippen LogP contribution in [0.25, 0.3) is 0 Å². The molecule has 2 aromatic carbocycles. The molecule has 0 aliphatic carbocycles. The summed E-state index contributed by atoms with van der Waals surface area (Å²) in [7, 11) is -3.31. The van der Waals surface area contributed by atoms with Crippen molar-refractivity contribution in [3.05, 3.63) is 70.5 Å². The molecule has 134 valence electrons. The molecule has 0 aromatic heterocycles. The van der Waals surface area contributed by atoms with Crippen LogP contribution in [-0.2, 0) is 22.3 Å². The minimum Gasteiger partial charge on any atom is -0.296 e. The zero-order valence-corrected chi connectivity index (χ0v) is 15.3. The topological polar surface area (TPSA) is 40.6 Å². The average molecular weight is 383 g/mol. The summed E-state index contributed by atoms with van der Waals surface area (Å²) in [5, 5.41) is 0.113. The second-order valence-electron chi connectivity index (χ2n) is 6.17. The number of nitrogens with zero attached hydrogens (tertiary/aromatic N) is 2. The van der Waals surface area contributed by atoms with Crippen molar-refractivity contribution in [2.45, 2.75) is 12.3 Å². The highest BCUT2D eigenvalue weighted by Gasteiger charge is 2.27. The first kappa shape index (κ1) is 18.3. The van der Waals surface area contributed by atoms with Gasteiger partial charge in [0.1, 0.15) is 5.82 Å². The molecule has 0 bridgehead atoms. The quantitative estimate of drug-likeness (QED) is 0.797. The highest BCUT2D eigenvalue weighted by Crippen LogP contribution is 2.19. The largest absolute Gasteiger partial charge is 0.296 e. The van der Waals surface area contributed by atoms with Crippen LogP contribution in [0, 0.1) is 5.82 Å². The second kappa shape index (κ2) is 7.83. The van der Waals surface area contributed by atoms with Gasteiger partial charge in [0.2, 0.25) is 10.0 Å². The molecule has 4 nitrogen and oxygen atoms in total. The van der Waals surface area contributed by atoms with Gasteiger partial charge in [-0.3, -0.25) is 4.90 Å². The Bertz CT molecular complexity index is 822. The van der Waals surface area contributed by atoms with Gasteiger partial charge in [-0.2, -0.15) is 4.31 Å². The number of hydrogen-bond donors (Lipinski definition) is 0. The van der Waals surface area contributed by atoms with Gasteiger partial charge >= 0.3 is 0 Å². The normalized spacial score (nSPS) is 16.9. The first-order valence-electron chi connectivity index (χ1n) is 8.12. The molecule has 1 saturated heterocycles. The average Bonchev–Trinajstić information content (AvgIpc) is 2.59. The molecule has 0 saturated carbocycles. The fourth-order valence-corrected chi connectivity index (χ4v) is 4.66. The van der Waals surface area contributed by atoms with Crippen LogP contribution in [0.2, 0.25) is 5.02 Å². The van der Waals surface area contributed by atoms with Crippen LogP contribution in [0.3, 0.4) is 0 Å². The van der Waals surface area contributed by atoms with E-state index in [1.54, 1.807) is 16.4 Å². The molecule has 2 aromatic rings. The molecule has 1 aliphatic heterocycles. The molecule has 0 atom stereocenters. The van der Waals surface area contributed by atoms with Crippen molar-refractivity contribution < 1.29 is 12.8 Å². The number of rotatable bonds is 5. The van der Waals surface area contributed by atoms with E-state index in [-0.39, 0.29) is 10.8 Å². The Labute approximate surface area is 152 Å². The highest BCUT2D eigenvalue weighted by molar-refractivity contribution is 7.88. The maximum absolute atomic E-state index is 13.2. The summed E-state index contributed by atoms with van der Waals surface area (Å²) in [4.78, 5) is 2.15. The summed E-state index contributed by atoms with van der Waals surface area (Å²) in [5.74, 6) is -0.399. The fraction of sp³-hybridized carbons (Fsp3) is 0.333. The number of hydrogen-bond acceptors (Lipinski definition) is 3. The molecule has 0 spiro atoms. The SMILES string of the molecule is O=S(=O)(Cc1ccccc1)N1CCN(Cc2ccc(F)c(Cl)c2)CC1.